The Morgan fingerprint density at radius 2 is 1.46 bits per heavy atom. The summed E-state index contributed by atoms with van der Waals surface area (Å²) >= 11 is 0. The van der Waals surface area contributed by atoms with Crippen molar-refractivity contribution in [3.05, 3.63) is 60.3 Å². The van der Waals surface area contributed by atoms with Gasteiger partial charge in [-0.2, -0.15) is 4.98 Å². The quantitative estimate of drug-likeness (QED) is 0.726. The number of hydrogen-bond donors (Lipinski definition) is 1. The molecule has 3 amide bonds. The second kappa shape index (κ2) is 7.43. The molecule has 144 valence electrons. The van der Waals surface area contributed by atoms with Gasteiger partial charge in [0.05, 0.1) is 12.5 Å². The fourth-order valence-electron chi connectivity index (χ4n) is 2.83. The average molecular weight is 384 g/mol. The SMILES string of the molecule is O=C(Nc1nc(C(=O)N2CCN(C(=O)c3ccco3)CC2)co1)c1ccco1. The van der Waals surface area contributed by atoms with Crippen molar-refractivity contribution in [1.29, 1.82) is 0 Å². The Hall–Kier alpha value is -3.82. The van der Waals surface area contributed by atoms with Crippen LogP contribution in [-0.4, -0.2) is 58.7 Å². The summed E-state index contributed by atoms with van der Waals surface area (Å²) in [6, 6.07) is 6.23. The lowest BCUT2D eigenvalue weighted by Gasteiger charge is -2.33. The Labute approximate surface area is 158 Å². The highest BCUT2D eigenvalue weighted by Crippen LogP contribution is 2.15. The molecule has 10 nitrogen and oxygen atoms in total. The van der Waals surface area contributed by atoms with E-state index in [-0.39, 0.29) is 35.0 Å². The molecule has 0 bridgehead atoms. The zero-order valence-corrected chi connectivity index (χ0v) is 14.7. The number of hydrogen-bond acceptors (Lipinski definition) is 7. The number of nitrogens with one attached hydrogen (secondary N) is 1. The van der Waals surface area contributed by atoms with Crippen LogP contribution in [0.15, 0.2) is 56.3 Å². The summed E-state index contributed by atoms with van der Waals surface area (Å²) < 4.78 is 15.2. The molecule has 0 atom stereocenters. The largest absolute Gasteiger partial charge is 0.459 e. The van der Waals surface area contributed by atoms with Crippen molar-refractivity contribution >= 4 is 23.7 Å². The molecule has 10 heteroatoms. The smallest absolute Gasteiger partial charge is 0.302 e. The summed E-state index contributed by atoms with van der Waals surface area (Å²) in [4.78, 5) is 44.0. The maximum absolute atomic E-state index is 12.6. The van der Waals surface area contributed by atoms with Crippen LogP contribution in [0.5, 0.6) is 0 Å². The molecule has 0 saturated carbocycles. The van der Waals surface area contributed by atoms with Gasteiger partial charge in [0.1, 0.15) is 6.26 Å². The van der Waals surface area contributed by atoms with Crippen LogP contribution in [0.1, 0.15) is 31.6 Å². The van der Waals surface area contributed by atoms with Crippen molar-refractivity contribution in [3.8, 4) is 0 Å². The summed E-state index contributed by atoms with van der Waals surface area (Å²) in [5.74, 6) is -0.707. The van der Waals surface area contributed by atoms with Gasteiger partial charge in [-0.15, -0.1) is 0 Å². The molecule has 0 radical (unpaired) electrons. The van der Waals surface area contributed by atoms with Gasteiger partial charge in [-0.25, -0.2) is 0 Å². The van der Waals surface area contributed by atoms with Crippen molar-refractivity contribution in [3.63, 3.8) is 0 Å². The van der Waals surface area contributed by atoms with Gasteiger partial charge in [0, 0.05) is 26.2 Å². The molecule has 0 spiro atoms. The third-order valence-electron chi connectivity index (χ3n) is 4.27. The molecule has 3 aromatic heterocycles. The maximum atomic E-state index is 12.6. The van der Waals surface area contributed by atoms with Crippen molar-refractivity contribution < 1.29 is 27.6 Å². The van der Waals surface area contributed by atoms with Crippen LogP contribution in [0, 0.1) is 0 Å². The van der Waals surface area contributed by atoms with Crippen molar-refractivity contribution in [2.75, 3.05) is 31.5 Å². The molecule has 0 unspecified atom stereocenters. The number of oxazole rings is 1. The maximum Gasteiger partial charge on any atom is 0.302 e. The van der Waals surface area contributed by atoms with Crippen molar-refractivity contribution in [1.82, 2.24) is 14.8 Å². The number of anilines is 1. The summed E-state index contributed by atoms with van der Waals surface area (Å²) in [5, 5.41) is 2.42. The molecule has 4 heterocycles. The number of aromatic nitrogens is 1. The van der Waals surface area contributed by atoms with Gasteiger partial charge in [-0.3, -0.25) is 19.7 Å². The third-order valence-corrected chi connectivity index (χ3v) is 4.27. The van der Waals surface area contributed by atoms with E-state index >= 15 is 0 Å². The molecule has 3 aromatic rings. The zero-order valence-electron chi connectivity index (χ0n) is 14.7. The van der Waals surface area contributed by atoms with Crippen LogP contribution < -0.4 is 5.32 Å². The Bertz CT molecular complexity index is 968. The minimum Gasteiger partial charge on any atom is -0.459 e. The van der Waals surface area contributed by atoms with E-state index in [0.717, 1.165) is 0 Å². The monoisotopic (exact) mass is 384 g/mol. The van der Waals surface area contributed by atoms with E-state index in [4.69, 9.17) is 13.3 Å². The number of carbonyl (C=O) groups is 3. The Morgan fingerprint density at radius 3 is 2.07 bits per heavy atom. The Morgan fingerprint density at radius 1 is 0.857 bits per heavy atom. The molecule has 1 saturated heterocycles. The van der Waals surface area contributed by atoms with Crippen molar-refractivity contribution in [2.45, 2.75) is 0 Å². The normalized spacial score (nSPS) is 14.1. The lowest BCUT2D eigenvalue weighted by Crippen LogP contribution is -2.50. The number of furan rings is 2. The lowest BCUT2D eigenvalue weighted by atomic mass is 10.2. The van der Waals surface area contributed by atoms with Gasteiger partial charge in [0.15, 0.2) is 17.2 Å². The van der Waals surface area contributed by atoms with Gasteiger partial charge in [0.25, 0.3) is 17.7 Å². The molecule has 1 fully saturated rings. The van der Waals surface area contributed by atoms with E-state index in [9.17, 15) is 14.4 Å². The van der Waals surface area contributed by atoms with Gasteiger partial charge < -0.3 is 23.1 Å². The highest BCUT2D eigenvalue weighted by Gasteiger charge is 2.28. The summed E-state index contributed by atoms with van der Waals surface area (Å²) in [5.41, 5.74) is 0.0700. The van der Waals surface area contributed by atoms with E-state index in [1.165, 1.54) is 24.9 Å². The molecule has 28 heavy (non-hydrogen) atoms. The molecule has 1 N–H and O–H groups in total. The topological polar surface area (TPSA) is 122 Å². The second-order valence-electron chi connectivity index (χ2n) is 6.03. The van der Waals surface area contributed by atoms with E-state index < -0.39 is 5.91 Å². The molecule has 1 aliphatic rings. The van der Waals surface area contributed by atoms with Crippen LogP contribution in [0.4, 0.5) is 6.01 Å². The molecule has 0 aromatic carbocycles. The number of carbonyl (C=O) groups excluding carboxylic acids is 3. The van der Waals surface area contributed by atoms with Gasteiger partial charge in [-0.05, 0) is 24.3 Å². The van der Waals surface area contributed by atoms with E-state index in [1.54, 1.807) is 28.0 Å². The van der Waals surface area contributed by atoms with Crippen LogP contribution in [0.2, 0.25) is 0 Å². The summed E-state index contributed by atoms with van der Waals surface area (Å²) in [7, 11) is 0. The van der Waals surface area contributed by atoms with E-state index in [1.807, 2.05) is 0 Å². The first-order valence-corrected chi connectivity index (χ1v) is 8.54. The lowest BCUT2D eigenvalue weighted by molar-refractivity contribution is 0.0515. The average Bonchev–Trinajstić information content (AvgIpc) is 3.49. The van der Waals surface area contributed by atoms with Crippen LogP contribution >= 0.6 is 0 Å². The minimum absolute atomic E-state index is 0.0700. The number of piperazine rings is 1. The summed E-state index contributed by atoms with van der Waals surface area (Å²) in [6.07, 6.45) is 4.00. The standard InChI is InChI=1S/C18H16N4O6/c23-15(13-3-1-9-26-13)20-18-19-12(11-28-18)16(24)21-5-7-22(8-6-21)17(25)14-4-2-10-27-14/h1-4,9-11H,5-8H2,(H,19,20,23). The third kappa shape index (κ3) is 3.52. The fourth-order valence-corrected chi connectivity index (χ4v) is 2.83. The fraction of sp³-hybridized carbons (Fsp3) is 0.222. The second-order valence-corrected chi connectivity index (χ2v) is 6.03. The first-order chi connectivity index (χ1) is 13.6. The number of rotatable bonds is 4. The molecule has 0 aliphatic carbocycles. The molecule has 1 aliphatic heterocycles. The van der Waals surface area contributed by atoms with E-state index in [0.29, 0.717) is 26.2 Å². The van der Waals surface area contributed by atoms with Gasteiger partial charge >= 0.3 is 6.01 Å². The van der Waals surface area contributed by atoms with Gasteiger partial charge in [0.2, 0.25) is 0 Å². The van der Waals surface area contributed by atoms with Crippen LogP contribution in [0.3, 0.4) is 0 Å². The predicted octanol–water partition coefficient (Wildman–Crippen LogP) is 1.71. The first-order valence-electron chi connectivity index (χ1n) is 8.54. The molecular weight excluding hydrogens is 368 g/mol. The summed E-state index contributed by atoms with van der Waals surface area (Å²) in [6.45, 7) is 1.47. The molecule has 4 rings (SSSR count). The van der Waals surface area contributed by atoms with Gasteiger partial charge in [-0.1, -0.05) is 0 Å². The first kappa shape index (κ1) is 17.6. The number of nitrogens with zero attached hydrogens (tertiary/aromatic N) is 3. The zero-order chi connectivity index (χ0) is 19.5. The Kier molecular flexibility index (Phi) is 4.67. The van der Waals surface area contributed by atoms with Crippen LogP contribution in [-0.2, 0) is 0 Å². The predicted molar refractivity (Wildman–Crippen MR) is 93.7 cm³/mol. The van der Waals surface area contributed by atoms with Crippen LogP contribution in [0.25, 0.3) is 0 Å². The minimum atomic E-state index is -0.532. The highest BCUT2D eigenvalue weighted by molar-refractivity contribution is 6.01. The number of amides is 3. The highest BCUT2D eigenvalue weighted by atomic mass is 16.4. The molecular formula is C18H16N4O6. The van der Waals surface area contributed by atoms with E-state index in [2.05, 4.69) is 10.3 Å². The van der Waals surface area contributed by atoms with Crippen molar-refractivity contribution in [2.24, 2.45) is 0 Å². The Balaban J connectivity index is 1.34.